The van der Waals surface area contributed by atoms with Crippen molar-refractivity contribution in [2.24, 2.45) is 0 Å². The minimum Gasteiger partial charge on any atom is -0.394 e. The molecule has 0 aliphatic heterocycles. The van der Waals surface area contributed by atoms with Crippen LogP contribution in [0.1, 0.15) is 342 Å². The Bertz CT molecular complexity index is 1560. The van der Waals surface area contributed by atoms with Crippen LogP contribution in [0.15, 0.2) is 0 Å². The Morgan fingerprint density at radius 1 is 0.300 bits per heavy atom. The first-order valence-electron chi connectivity index (χ1n) is 37.9. The highest BCUT2D eigenvalue weighted by molar-refractivity contribution is 6.60. The van der Waals surface area contributed by atoms with E-state index in [2.05, 4.69) is 57.7 Å². The van der Waals surface area contributed by atoms with Gasteiger partial charge in [-0.05, 0) is 32.1 Å². The number of rotatable bonds is 71. The molecule has 0 atom stereocenters. The molecule has 0 radical (unpaired) electrons. The van der Waals surface area contributed by atoms with Gasteiger partial charge >= 0.3 is 8.80 Å². The lowest BCUT2D eigenvalue weighted by atomic mass is 10.0. The highest BCUT2D eigenvalue weighted by Gasteiger charge is 2.49. The Morgan fingerprint density at radius 3 is 0.700 bits per heavy atom. The van der Waals surface area contributed by atoms with Crippen LogP contribution < -0.4 is 16.0 Å². The molecule has 16 nitrogen and oxygen atoms in total. The van der Waals surface area contributed by atoms with Crippen molar-refractivity contribution in [2.45, 2.75) is 365 Å². The molecule has 0 aliphatic rings. The van der Waals surface area contributed by atoms with Crippen LogP contribution in [0.3, 0.4) is 0 Å². The second-order valence-corrected chi connectivity index (χ2v) is 30.9. The van der Waals surface area contributed by atoms with Gasteiger partial charge in [-0.3, -0.25) is 14.4 Å². The number of carbonyl (C=O) groups is 3. The van der Waals surface area contributed by atoms with Gasteiger partial charge in [-0.1, -0.05) is 285 Å². The third-order valence-electron chi connectivity index (χ3n) is 18.6. The number of unbranched alkanes of at least 4 members (excludes halogenated alkanes) is 41. The zero-order valence-corrected chi connectivity index (χ0v) is 60.7. The standard InChI is InChI=1S/C73H148N4O12Si/c1-7-11-15-19-23-27-30-31-32-35-39-43-47-51-56-77(5,6)57-52-58-90(87-65-71(59-78,60-79)74-68(84)53-48-44-40-36-26-22-18-14-10-4,88-66-72(61-80,62-81)75-69(85)54-49-45-41-37-33-28-24-20-16-12-8-2)89-67-73(63-82,64-83)76-70(86)55-50-46-42-38-34-29-25-21-17-13-9-3/h78-83H,7-67H2,1-6H3,(H2-,74,75,76,84,85,86)/p+1. The molecule has 0 aromatic carbocycles. The molecule has 0 rings (SSSR count). The molecule has 0 fully saturated rings. The molecule has 9 N–H and O–H groups in total. The normalized spacial score (nSPS) is 12.5. The smallest absolute Gasteiger partial charge is 0.394 e. The van der Waals surface area contributed by atoms with E-state index in [4.69, 9.17) is 13.3 Å². The first kappa shape index (κ1) is 88.2. The number of hydrogen-bond donors (Lipinski definition) is 9. The van der Waals surface area contributed by atoms with E-state index in [1.54, 1.807) is 0 Å². The van der Waals surface area contributed by atoms with Gasteiger partial charge in [0.05, 0.1) is 86.6 Å². The fourth-order valence-electron chi connectivity index (χ4n) is 12.0. The number of nitrogens with zero attached hydrogens (tertiary/aromatic N) is 1. The van der Waals surface area contributed by atoms with Crippen LogP contribution in [0, 0.1) is 0 Å². The monoisotopic (exact) mass is 1300 g/mol. The first-order valence-corrected chi connectivity index (χ1v) is 39.9. The topological polar surface area (TPSA) is 236 Å². The van der Waals surface area contributed by atoms with Crippen molar-refractivity contribution in [1.29, 1.82) is 0 Å². The summed E-state index contributed by atoms with van der Waals surface area (Å²) in [5, 5.41) is 74.9. The molecule has 0 aromatic rings. The van der Waals surface area contributed by atoms with Gasteiger partial charge in [-0.2, -0.15) is 0 Å². The van der Waals surface area contributed by atoms with Crippen molar-refractivity contribution in [2.75, 3.05) is 86.6 Å². The zero-order valence-electron chi connectivity index (χ0n) is 59.7. The summed E-state index contributed by atoms with van der Waals surface area (Å²) >= 11 is 0. The maximum atomic E-state index is 13.7. The summed E-state index contributed by atoms with van der Waals surface area (Å²) in [6.45, 7) is 4.92. The Hall–Kier alpha value is -1.77. The fraction of sp³-hybridized carbons (Fsp3) is 0.959. The summed E-state index contributed by atoms with van der Waals surface area (Å²) in [6.07, 6.45) is 53.4. The fourth-order valence-corrected chi connectivity index (χ4v) is 14.8. The molecule has 0 saturated heterocycles. The van der Waals surface area contributed by atoms with Crippen molar-refractivity contribution < 1.29 is 62.8 Å². The summed E-state index contributed by atoms with van der Waals surface area (Å²) in [7, 11) is 0.0169. The van der Waals surface area contributed by atoms with E-state index in [-0.39, 0.29) is 43.0 Å². The third kappa shape index (κ3) is 48.0. The van der Waals surface area contributed by atoms with Crippen molar-refractivity contribution >= 4 is 26.5 Å². The summed E-state index contributed by atoms with van der Waals surface area (Å²) in [6, 6.07) is 0.117. The van der Waals surface area contributed by atoms with E-state index in [1.807, 2.05) is 0 Å². The van der Waals surface area contributed by atoms with Gasteiger partial charge in [0, 0.05) is 31.7 Å². The summed E-state index contributed by atoms with van der Waals surface area (Å²) in [5.41, 5.74) is -5.07. The molecule has 0 aromatic heterocycles. The van der Waals surface area contributed by atoms with E-state index in [1.165, 1.54) is 199 Å². The molecule has 17 heteroatoms. The average molecular weight is 1300 g/mol. The number of carbonyl (C=O) groups excluding carboxylic acids is 3. The second-order valence-electron chi connectivity index (χ2n) is 28.2. The Balaban J connectivity index is 6.73. The van der Waals surface area contributed by atoms with Crippen LogP contribution in [0.25, 0.3) is 0 Å². The van der Waals surface area contributed by atoms with Crippen LogP contribution in [0.4, 0.5) is 0 Å². The SMILES string of the molecule is CCCCCCCCCCCCCCCC[N+](C)(C)CCC[Si](OCC(CO)(CO)NC(=O)CCCCCCCCCCC)(OCC(CO)(CO)NC(=O)CCCCCCCCCCCCC)OCC(CO)(CO)NC(=O)CCCCCCCCCCCCC. The highest BCUT2D eigenvalue weighted by Crippen LogP contribution is 2.27. The number of hydrogen-bond acceptors (Lipinski definition) is 12. The van der Waals surface area contributed by atoms with Crippen molar-refractivity contribution in [3.05, 3.63) is 0 Å². The van der Waals surface area contributed by atoms with E-state index in [9.17, 15) is 45.0 Å². The third-order valence-corrected chi connectivity index (χ3v) is 21.3. The van der Waals surface area contributed by atoms with Crippen molar-refractivity contribution in [1.82, 2.24) is 16.0 Å². The predicted octanol–water partition coefficient (Wildman–Crippen LogP) is 14.8. The molecule has 0 heterocycles. The summed E-state index contributed by atoms with van der Waals surface area (Å²) < 4.78 is 21.2. The van der Waals surface area contributed by atoms with Gasteiger partial charge in [0.25, 0.3) is 0 Å². The highest BCUT2D eigenvalue weighted by atomic mass is 28.4. The zero-order chi connectivity index (χ0) is 66.6. The molecule has 0 saturated carbocycles. The Morgan fingerprint density at radius 2 is 0.489 bits per heavy atom. The van der Waals surface area contributed by atoms with E-state index in [0.29, 0.717) is 36.7 Å². The molecular formula is C73H149N4O12Si+. The van der Waals surface area contributed by atoms with Crippen LogP contribution >= 0.6 is 0 Å². The lowest BCUT2D eigenvalue weighted by Crippen LogP contribution is -2.64. The molecule has 0 spiro atoms. The summed E-state index contributed by atoms with van der Waals surface area (Å²) in [5.74, 6) is -1.08. The largest absolute Gasteiger partial charge is 0.501 e. The first-order chi connectivity index (χ1) is 43.6. The molecule has 0 aliphatic carbocycles. The van der Waals surface area contributed by atoms with Gasteiger partial charge in [0.15, 0.2) is 0 Å². The van der Waals surface area contributed by atoms with Crippen LogP contribution in [0.2, 0.25) is 6.04 Å². The van der Waals surface area contributed by atoms with E-state index in [0.717, 1.165) is 77.2 Å². The van der Waals surface area contributed by atoms with E-state index < -0.39 is 84.9 Å². The molecule has 90 heavy (non-hydrogen) atoms. The number of quaternary nitrogens is 1. The molecule has 536 valence electrons. The number of nitrogens with one attached hydrogen (secondary N) is 3. The maximum Gasteiger partial charge on any atom is 0.501 e. The van der Waals surface area contributed by atoms with Gasteiger partial charge in [0.1, 0.15) is 16.6 Å². The predicted molar refractivity (Wildman–Crippen MR) is 374 cm³/mol. The van der Waals surface area contributed by atoms with Crippen LogP contribution in [-0.4, -0.2) is 165 Å². The van der Waals surface area contributed by atoms with Crippen LogP contribution in [-0.2, 0) is 27.7 Å². The maximum absolute atomic E-state index is 13.7. The minimum atomic E-state index is -4.35. The lowest BCUT2D eigenvalue weighted by molar-refractivity contribution is -0.890. The molecule has 3 amide bonds. The number of aliphatic hydroxyl groups excluding tert-OH is 6. The van der Waals surface area contributed by atoms with E-state index >= 15 is 0 Å². The molecular weight excluding hydrogens is 1150 g/mol. The van der Waals surface area contributed by atoms with Gasteiger partial charge < -0.3 is 64.4 Å². The lowest BCUT2D eigenvalue weighted by Gasteiger charge is -2.41. The Kier molecular flexibility index (Phi) is 58.5. The van der Waals surface area contributed by atoms with Crippen molar-refractivity contribution in [3.8, 4) is 0 Å². The molecule has 0 bridgehead atoms. The van der Waals surface area contributed by atoms with Gasteiger partial charge in [-0.25, -0.2) is 0 Å². The number of amides is 3. The quantitative estimate of drug-likeness (QED) is 0.0157. The summed E-state index contributed by atoms with van der Waals surface area (Å²) in [4.78, 5) is 41.1. The number of aliphatic hydroxyl groups is 6. The average Bonchev–Trinajstić information content (AvgIpc) is 1.37. The van der Waals surface area contributed by atoms with Crippen LogP contribution in [0.5, 0.6) is 0 Å². The van der Waals surface area contributed by atoms with Gasteiger partial charge in [-0.15, -0.1) is 0 Å². The minimum absolute atomic E-state index is 0.117. The van der Waals surface area contributed by atoms with Crippen molar-refractivity contribution in [3.63, 3.8) is 0 Å². The molecule has 0 unspecified atom stereocenters. The van der Waals surface area contributed by atoms with Gasteiger partial charge in [0.2, 0.25) is 17.7 Å². The second kappa shape index (κ2) is 59.7. The Labute approximate surface area is 554 Å².